The van der Waals surface area contributed by atoms with Crippen LogP contribution in [-0.2, 0) is 35.2 Å². The zero-order valence-electron chi connectivity index (χ0n) is 26.7. The third-order valence-electron chi connectivity index (χ3n) is 7.80. The number of carbonyl (C=O) groups excluding carboxylic acids is 5. The van der Waals surface area contributed by atoms with E-state index in [0.29, 0.717) is 51.2 Å². The van der Waals surface area contributed by atoms with Crippen LogP contribution >= 0.6 is 0 Å². The van der Waals surface area contributed by atoms with Gasteiger partial charge in [-0.2, -0.15) is 0 Å². The van der Waals surface area contributed by atoms with Crippen molar-refractivity contribution in [2.75, 3.05) is 32.8 Å². The van der Waals surface area contributed by atoms with Crippen molar-refractivity contribution in [3.05, 3.63) is 35.9 Å². The van der Waals surface area contributed by atoms with Crippen molar-refractivity contribution in [2.24, 2.45) is 11.8 Å². The van der Waals surface area contributed by atoms with Crippen LogP contribution in [0.4, 0.5) is 9.59 Å². The summed E-state index contributed by atoms with van der Waals surface area (Å²) in [6, 6.07) is 9.56. The van der Waals surface area contributed by atoms with Gasteiger partial charge in [0.05, 0.1) is 12.5 Å². The van der Waals surface area contributed by atoms with E-state index < -0.39 is 35.2 Å². The van der Waals surface area contributed by atoms with Crippen molar-refractivity contribution in [2.45, 2.75) is 91.0 Å². The third-order valence-corrected chi connectivity index (χ3v) is 7.80. The number of benzene rings is 1. The molecule has 0 bridgehead atoms. The van der Waals surface area contributed by atoms with Crippen LogP contribution in [-0.4, -0.2) is 83.8 Å². The lowest BCUT2D eigenvalue weighted by atomic mass is 9.91. The number of esters is 1. The Morgan fingerprint density at radius 1 is 0.886 bits per heavy atom. The fraction of sp³-hybridized carbons (Fsp3) is 0.656. The van der Waals surface area contributed by atoms with Crippen LogP contribution in [0.5, 0.6) is 0 Å². The van der Waals surface area contributed by atoms with Crippen molar-refractivity contribution < 1.29 is 38.2 Å². The number of nitrogens with one attached hydrogen (secondary N) is 2. The molecule has 2 saturated heterocycles. The van der Waals surface area contributed by atoms with Crippen molar-refractivity contribution >= 4 is 30.0 Å². The molecule has 2 aliphatic heterocycles. The first-order chi connectivity index (χ1) is 20.8. The molecule has 1 aromatic rings. The summed E-state index contributed by atoms with van der Waals surface area (Å²) in [6.45, 7) is 10.3. The Kier molecular flexibility index (Phi) is 12.4. The first-order valence-corrected chi connectivity index (χ1v) is 15.5. The zero-order valence-corrected chi connectivity index (χ0v) is 26.7. The molecule has 0 unspecified atom stereocenters. The Morgan fingerprint density at radius 3 is 2.20 bits per heavy atom. The van der Waals surface area contributed by atoms with Crippen LogP contribution in [0.15, 0.2) is 30.3 Å². The van der Waals surface area contributed by atoms with E-state index in [1.165, 1.54) is 6.92 Å². The van der Waals surface area contributed by atoms with Gasteiger partial charge < -0.3 is 29.3 Å². The van der Waals surface area contributed by atoms with Crippen LogP contribution < -0.4 is 10.6 Å². The van der Waals surface area contributed by atoms with E-state index >= 15 is 0 Å². The summed E-state index contributed by atoms with van der Waals surface area (Å²) >= 11 is 0. The number of carbonyl (C=O) groups is 5. The minimum absolute atomic E-state index is 0.0211. The molecular formula is C32H48N4O8. The Morgan fingerprint density at radius 2 is 1.57 bits per heavy atom. The lowest BCUT2D eigenvalue weighted by Gasteiger charge is -2.36. The number of amides is 4. The van der Waals surface area contributed by atoms with E-state index in [9.17, 15) is 24.0 Å². The summed E-state index contributed by atoms with van der Waals surface area (Å²) in [5.41, 5.74) is -1.71. The largest absolute Gasteiger partial charge is 0.463 e. The van der Waals surface area contributed by atoms with Gasteiger partial charge in [-0.05, 0) is 78.2 Å². The van der Waals surface area contributed by atoms with Gasteiger partial charge in [0.2, 0.25) is 17.5 Å². The van der Waals surface area contributed by atoms with Gasteiger partial charge in [-0.1, -0.05) is 30.3 Å². The molecule has 2 N–H and O–H groups in total. The molecule has 0 aromatic heterocycles. The summed E-state index contributed by atoms with van der Waals surface area (Å²) < 4.78 is 15.8. The quantitative estimate of drug-likeness (QED) is 0.228. The minimum Gasteiger partial charge on any atom is -0.463 e. The Balaban J connectivity index is 1.45. The van der Waals surface area contributed by atoms with Crippen molar-refractivity contribution in [1.82, 2.24) is 20.4 Å². The van der Waals surface area contributed by atoms with Gasteiger partial charge in [0.25, 0.3) is 0 Å². The van der Waals surface area contributed by atoms with Gasteiger partial charge in [-0.15, -0.1) is 0 Å². The molecular weight excluding hydrogens is 568 g/mol. The highest BCUT2D eigenvalue weighted by Crippen LogP contribution is 2.25. The Bertz CT molecular complexity index is 1150. The third kappa shape index (κ3) is 10.7. The molecule has 12 nitrogen and oxygen atoms in total. The Labute approximate surface area is 260 Å². The molecule has 2 atom stereocenters. The van der Waals surface area contributed by atoms with Gasteiger partial charge in [0.1, 0.15) is 12.2 Å². The number of ether oxygens (including phenoxy) is 3. The molecule has 12 heteroatoms. The Hall–Kier alpha value is -3.83. The summed E-state index contributed by atoms with van der Waals surface area (Å²) in [5, 5.41) is 5.07. The zero-order chi connectivity index (χ0) is 32.3. The topological polar surface area (TPSA) is 144 Å². The molecule has 2 aliphatic rings. The fourth-order valence-corrected chi connectivity index (χ4v) is 5.38. The van der Waals surface area contributed by atoms with Crippen LogP contribution in [0.25, 0.3) is 0 Å². The highest BCUT2D eigenvalue weighted by Gasteiger charge is 2.42. The second-order valence-electron chi connectivity index (χ2n) is 12.6. The molecule has 2 heterocycles. The first kappa shape index (κ1) is 34.7. The molecule has 3 rings (SSSR count). The second-order valence-corrected chi connectivity index (χ2v) is 12.6. The number of alkyl carbamates (subject to hydrolysis) is 1. The molecule has 1 aromatic carbocycles. The van der Waals surface area contributed by atoms with Crippen LogP contribution in [0, 0.1) is 11.8 Å². The van der Waals surface area contributed by atoms with Crippen molar-refractivity contribution in [3.63, 3.8) is 0 Å². The number of piperidine rings is 2. The lowest BCUT2D eigenvalue weighted by molar-refractivity contribution is -0.155. The van der Waals surface area contributed by atoms with Gasteiger partial charge in [-0.25, -0.2) is 14.4 Å². The number of nitrogens with zero attached hydrogens (tertiary/aromatic N) is 2. The average molecular weight is 617 g/mol. The maximum absolute atomic E-state index is 13.3. The fourth-order valence-electron chi connectivity index (χ4n) is 5.38. The molecule has 44 heavy (non-hydrogen) atoms. The van der Waals surface area contributed by atoms with Gasteiger partial charge in [-0.3, -0.25) is 14.9 Å². The second kappa shape index (κ2) is 15.8. The van der Waals surface area contributed by atoms with E-state index in [0.717, 1.165) is 18.4 Å². The molecule has 4 amide bonds. The molecule has 2 fully saturated rings. The van der Waals surface area contributed by atoms with Gasteiger partial charge >= 0.3 is 18.2 Å². The number of likely N-dealkylation sites (tertiary alicyclic amines) is 2. The number of rotatable bonds is 10. The SMILES string of the molecule is CCOC(=O)[C@@](C)(NC(=O)OC(C)(C)C)NC(=O)[C@@H]1CCCN(C(=O)CCC2CCN(C(=O)OCc3ccccc3)CC2)C1. The summed E-state index contributed by atoms with van der Waals surface area (Å²) in [5.74, 6) is -1.52. The van der Waals surface area contributed by atoms with E-state index in [2.05, 4.69) is 10.6 Å². The standard InChI is InChI=1S/C32H48N4O8/c1-6-42-28(39)32(5,34-29(40)44-31(2,3)4)33-27(38)25-13-10-18-36(21-25)26(37)15-14-23-16-19-35(20-17-23)30(41)43-22-24-11-8-7-9-12-24/h7-9,11-12,23,25H,6,10,13-22H2,1-5H3,(H,33,38)(H,34,40)/t25-,32-/m1/s1. The van der Waals surface area contributed by atoms with Crippen LogP contribution in [0.1, 0.15) is 78.7 Å². The summed E-state index contributed by atoms with van der Waals surface area (Å²) in [6.07, 6.45) is 2.66. The minimum atomic E-state index is -1.84. The number of hydrogen-bond acceptors (Lipinski definition) is 8. The van der Waals surface area contributed by atoms with Crippen molar-refractivity contribution in [1.29, 1.82) is 0 Å². The molecule has 0 radical (unpaired) electrons. The predicted molar refractivity (Wildman–Crippen MR) is 162 cm³/mol. The smallest absolute Gasteiger partial charge is 0.410 e. The molecule has 0 saturated carbocycles. The predicted octanol–water partition coefficient (Wildman–Crippen LogP) is 3.97. The maximum Gasteiger partial charge on any atom is 0.410 e. The van der Waals surface area contributed by atoms with Crippen LogP contribution in [0.2, 0.25) is 0 Å². The first-order valence-electron chi connectivity index (χ1n) is 15.5. The normalized spacial score (nSPS) is 18.9. The summed E-state index contributed by atoms with van der Waals surface area (Å²) in [4.78, 5) is 67.5. The molecule has 0 aliphatic carbocycles. The van der Waals surface area contributed by atoms with E-state index in [1.807, 2.05) is 30.3 Å². The maximum atomic E-state index is 13.3. The van der Waals surface area contributed by atoms with Gasteiger partial charge in [0, 0.05) is 32.6 Å². The highest BCUT2D eigenvalue weighted by molar-refractivity contribution is 5.91. The average Bonchev–Trinajstić information content (AvgIpc) is 2.98. The lowest BCUT2D eigenvalue weighted by Crippen LogP contribution is -2.66. The van der Waals surface area contributed by atoms with Crippen LogP contribution in [0.3, 0.4) is 0 Å². The van der Waals surface area contributed by atoms with Crippen molar-refractivity contribution in [3.8, 4) is 0 Å². The van der Waals surface area contributed by atoms with E-state index in [1.54, 1.807) is 37.5 Å². The van der Waals surface area contributed by atoms with E-state index in [4.69, 9.17) is 14.2 Å². The summed E-state index contributed by atoms with van der Waals surface area (Å²) in [7, 11) is 0. The van der Waals surface area contributed by atoms with Gasteiger partial charge in [0.15, 0.2) is 0 Å². The molecule has 0 spiro atoms. The number of hydrogen-bond donors (Lipinski definition) is 2. The van der Waals surface area contributed by atoms with E-state index in [-0.39, 0.29) is 31.8 Å². The molecule has 244 valence electrons. The highest BCUT2D eigenvalue weighted by atomic mass is 16.6. The monoisotopic (exact) mass is 616 g/mol.